The fourth-order valence-corrected chi connectivity index (χ4v) is 2.10. The van der Waals surface area contributed by atoms with Crippen molar-refractivity contribution in [1.82, 2.24) is 0 Å². The van der Waals surface area contributed by atoms with Crippen LogP contribution in [0.4, 0.5) is 5.69 Å². The maximum Gasteiger partial charge on any atom is 0.265 e. The summed E-state index contributed by atoms with van der Waals surface area (Å²) in [4.78, 5) is 12.0. The lowest BCUT2D eigenvalue weighted by molar-refractivity contribution is -0.122. The molecule has 1 amide bonds. The Bertz CT molecular complexity index is 661. The number of nitrogens with one attached hydrogen (secondary N) is 1. The van der Waals surface area contributed by atoms with Crippen LogP contribution in [-0.2, 0) is 4.79 Å². The molecule has 0 aromatic heterocycles. The first kappa shape index (κ1) is 15.5. The maximum absolute atomic E-state index is 12.0. The minimum Gasteiger partial charge on any atom is -0.508 e. The van der Waals surface area contributed by atoms with Gasteiger partial charge in [-0.3, -0.25) is 4.79 Å². The number of phenolic OH excluding ortho intramolecular Hbond substituents is 1. The Morgan fingerprint density at radius 3 is 2.67 bits per heavy atom. The molecule has 0 unspecified atom stereocenters. The summed E-state index contributed by atoms with van der Waals surface area (Å²) in [5.41, 5.74) is 0.484. The number of hydrogen-bond donors (Lipinski definition) is 2. The van der Waals surface area contributed by atoms with Gasteiger partial charge < -0.3 is 15.2 Å². The molecule has 0 radical (unpaired) electrons. The van der Waals surface area contributed by atoms with Crippen LogP contribution in [0, 0.1) is 0 Å². The molecule has 4 nitrogen and oxygen atoms in total. The van der Waals surface area contributed by atoms with Crippen molar-refractivity contribution in [2.75, 3.05) is 5.32 Å². The molecular formula is C15H13Cl2NO3. The lowest BCUT2D eigenvalue weighted by Crippen LogP contribution is -2.30. The van der Waals surface area contributed by atoms with Crippen molar-refractivity contribution < 1.29 is 14.6 Å². The number of ether oxygens (including phenoxy) is 1. The highest BCUT2D eigenvalue weighted by molar-refractivity contribution is 6.35. The molecule has 2 rings (SSSR count). The van der Waals surface area contributed by atoms with E-state index in [1.54, 1.807) is 31.2 Å². The first-order valence-corrected chi connectivity index (χ1v) is 6.93. The van der Waals surface area contributed by atoms with Gasteiger partial charge in [-0.2, -0.15) is 0 Å². The normalized spacial score (nSPS) is 11.8. The monoisotopic (exact) mass is 325 g/mol. The van der Waals surface area contributed by atoms with Crippen LogP contribution in [0.2, 0.25) is 10.0 Å². The summed E-state index contributed by atoms with van der Waals surface area (Å²) >= 11 is 11.8. The second-order valence-corrected chi connectivity index (χ2v) is 5.22. The van der Waals surface area contributed by atoms with E-state index >= 15 is 0 Å². The molecule has 21 heavy (non-hydrogen) atoms. The van der Waals surface area contributed by atoms with Crippen LogP contribution in [0.15, 0.2) is 42.5 Å². The number of benzene rings is 2. The molecule has 0 aliphatic carbocycles. The fraction of sp³-hybridized carbons (Fsp3) is 0.133. The minimum absolute atomic E-state index is 0.0714. The molecule has 0 heterocycles. The van der Waals surface area contributed by atoms with Gasteiger partial charge in [-0.05, 0) is 37.3 Å². The van der Waals surface area contributed by atoms with Crippen LogP contribution in [0.3, 0.4) is 0 Å². The van der Waals surface area contributed by atoms with Gasteiger partial charge in [-0.15, -0.1) is 0 Å². The van der Waals surface area contributed by atoms with E-state index in [0.717, 1.165) is 0 Å². The molecule has 0 aliphatic rings. The summed E-state index contributed by atoms with van der Waals surface area (Å²) in [6, 6.07) is 11.0. The van der Waals surface area contributed by atoms with Crippen LogP contribution in [0.25, 0.3) is 0 Å². The Labute approximate surface area is 132 Å². The van der Waals surface area contributed by atoms with E-state index < -0.39 is 6.10 Å². The summed E-state index contributed by atoms with van der Waals surface area (Å²) in [6.07, 6.45) is -0.758. The number of phenols is 1. The third-order valence-electron chi connectivity index (χ3n) is 2.68. The number of rotatable bonds is 4. The molecule has 0 spiro atoms. The van der Waals surface area contributed by atoms with E-state index in [0.29, 0.717) is 21.5 Å². The fourth-order valence-electron chi connectivity index (χ4n) is 1.64. The van der Waals surface area contributed by atoms with Crippen molar-refractivity contribution in [2.24, 2.45) is 0 Å². The second-order valence-electron chi connectivity index (χ2n) is 4.37. The Kier molecular flexibility index (Phi) is 4.94. The Morgan fingerprint density at radius 1 is 1.24 bits per heavy atom. The minimum atomic E-state index is -0.758. The maximum atomic E-state index is 12.0. The van der Waals surface area contributed by atoms with Gasteiger partial charge >= 0.3 is 0 Å². The first-order valence-electron chi connectivity index (χ1n) is 6.17. The van der Waals surface area contributed by atoms with Crippen molar-refractivity contribution in [3.63, 3.8) is 0 Å². The molecule has 1 atom stereocenters. The smallest absolute Gasteiger partial charge is 0.265 e. The topological polar surface area (TPSA) is 58.6 Å². The number of amides is 1. The second kappa shape index (κ2) is 6.70. The number of carbonyl (C=O) groups excluding carboxylic acids is 1. The number of aromatic hydroxyl groups is 1. The molecule has 6 heteroatoms. The Morgan fingerprint density at radius 2 is 2.00 bits per heavy atom. The van der Waals surface area contributed by atoms with Crippen molar-refractivity contribution >= 4 is 34.8 Å². The lowest BCUT2D eigenvalue weighted by atomic mass is 10.2. The molecule has 0 fully saturated rings. The van der Waals surface area contributed by atoms with Crippen molar-refractivity contribution in [2.45, 2.75) is 13.0 Å². The van der Waals surface area contributed by atoms with E-state index in [1.165, 1.54) is 18.2 Å². The predicted octanol–water partition coefficient (Wildman–Crippen LogP) is 4.11. The standard InChI is InChI=1S/C15H13Cl2NO3/c1-9(21-14-6-5-10(16)7-13(14)17)15(20)18-11-3-2-4-12(19)8-11/h2-9,19H,1H3,(H,18,20)/t9-/m1/s1. The van der Waals surface area contributed by atoms with Gasteiger partial charge in [0.2, 0.25) is 0 Å². The van der Waals surface area contributed by atoms with Crippen LogP contribution in [0.5, 0.6) is 11.5 Å². The van der Waals surface area contributed by atoms with Gasteiger partial charge in [0.1, 0.15) is 11.5 Å². The average molecular weight is 326 g/mol. The number of carbonyl (C=O) groups is 1. The highest BCUT2D eigenvalue weighted by atomic mass is 35.5. The van der Waals surface area contributed by atoms with Crippen molar-refractivity contribution in [1.29, 1.82) is 0 Å². The average Bonchev–Trinajstić information content (AvgIpc) is 2.41. The number of halogens is 2. The van der Waals surface area contributed by atoms with Gasteiger partial charge in [0.15, 0.2) is 6.10 Å². The third-order valence-corrected chi connectivity index (χ3v) is 3.21. The largest absolute Gasteiger partial charge is 0.508 e. The number of hydrogen-bond acceptors (Lipinski definition) is 3. The van der Waals surface area contributed by atoms with E-state index in [-0.39, 0.29) is 11.7 Å². The van der Waals surface area contributed by atoms with Gasteiger partial charge in [0.05, 0.1) is 5.02 Å². The van der Waals surface area contributed by atoms with Crippen LogP contribution in [0.1, 0.15) is 6.92 Å². The summed E-state index contributed by atoms with van der Waals surface area (Å²) < 4.78 is 5.50. The Hall–Kier alpha value is -1.91. The molecule has 2 aromatic carbocycles. The van der Waals surface area contributed by atoms with Crippen LogP contribution >= 0.6 is 23.2 Å². The quantitative estimate of drug-likeness (QED) is 0.889. The molecule has 110 valence electrons. The zero-order valence-corrected chi connectivity index (χ0v) is 12.7. The number of anilines is 1. The molecule has 2 aromatic rings. The molecule has 0 aliphatic heterocycles. The van der Waals surface area contributed by atoms with Gasteiger partial charge in [-0.1, -0.05) is 29.3 Å². The SMILES string of the molecule is C[C@@H](Oc1ccc(Cl)cc1Cl)C(=O)Nc1cccc(O)c1. The molecule has 0 bridgehead atoms. The first-order chi connectivity index (χ1) is 9.95. The van der Waals surface area contributed by atoms with Crippen LogP contribution < -0.4 is 10.1 Å². The summed E-state index contributed by atoms with van der Waals surface area (Å²) in [5, 5.41) is 12.8. The zero-order chi connectivity index (χ0) is 15.4. The summed E-state index contributed by atoms with van der Waals surface area (Å²) in [6.45, 7) is 1.60. The summed E-state index contributed by atoms with van der Waals surface area (Å²) in [5.74, 6) is 0.0911. The van der Waals surface area contributed by atoms with E-state index in [2.05, 4.69) is 5.32 Å². The van der Waals surface area contributed by atoms with Crippen LogP contribution in [-0.4, -0.2) is 17.1 Å². The van der Waals surface area contributed by atoms with Gasteiger partial charge in [0.25, 0.3) is 5.91 Å². The predicted molar refractivity (Wildman–Crippen MR) is 83.3 cm³/mol. The molecule has 0 saturated heterocycles. The van der Waals surface area contributed by atoms with Crippen molar-refractivity contribution in [3.8, 4) is 11.5 Å². The van der Waals surface area contributed by atoms with Gasteiger partial charge in [0, 0.05) is 16.8 Å². The van der Waals surface area contributed by atoms with E-state index in [9.17, 15) is 9.90 Å². The van der Waals surface area contributed by atoms with Crippen molar-refractivity contribution in [3.05, 3.63) is 52.5 Å². The lowest BCUT2D eigenvalue weighted by Gasteiger charge is -2.15. The van der Waals surface area contributed by atoms with Gasteiger partial charge in [-0.25, -0.2) is 0 Å². The summed E-state index contributed by atoms with van der Waals surface area (Å²) in [7, 11) is 0. The highest BCUT2D eigenvalue weighted by Crippen LogP contribution is 2.28. The highest BCUT2D eigenvalue weighted by Gasteiger charge is 2.16. The van der Waals surface area contributed by atoms with E-state index in [4.69, 9.17) is 27.9 Å². The molecule has 2 N–H and O–H groups in total. The molecule has 0 saturated carbocycles. The molecular weight excluding hydrogens is 313 g/mol. The zero-order valence-electron chi connectivity index (χ0n) is 11.1. The van der Waals surface area contributed by atoms with E-state index in [1.807, 2.05) is 0 Å². The Balaban J connectivity index is 2.02. The third kappa shape index (κ3) is 4.28.